The van der Waals surface area contributed by atoms with Crippen LogP contribution in [0.2, 0.25) is 0 Å². The van der Waals surface area contributed by atoms with Crippen molar-refractivity contribution in [1.29, 1.82) is 0 Å². The fourth-order valence-corrected chi connectivity index (χ4v) is 2.40. The standard InChI is InChI=1S/C10H18N2O3S/c1-15-10(14)2-3-12-9(13)6-8-7-16-5-4-11-8/h8,11H,2-7H2,1H3,(H,12,13). The lowest BCUT2D eigenvalue weighted by molar-refractivity contribution is -0.140. The van der Waals surface area contributed by atoms with Gasteiger partial charge >= 0.3 is 5.97 Å². The van der Waals surface area contributed by atoms with Crippen molar-refractivity contribution in [2.45, 2.75) is 18.9 Å². The first kappa shape index (κ1) is 13.3. The Morgan fingerprint density at radius 1 is 1.56 bits per heavy atom. The van der Waals surface area contributed by atoms with E-state index < -0.39 is 0 Å². The molecule has 1 fully saturated rings. The quantitative estimate of drug-likeness (QED) is 0.655. The Balaban J connectivity index is 2.08. The molecule has 0 spiro atoms. The van der Waals surface area contributed by atoms with Gasteiger partial charge in [-0.1, -0.05) is 0 Å². The van der Waals surface area contributed by atoms with Gasteiger partial charge in [-0.05, 0) is 0 Å². The van der Waals surface area contributed by atoms with Gasteiger partial charge < -0.3 is 15.4 Å². The number of hydrogen-bond donors (Lipinski definition) is 2. The second-order valence-corrected chi connectivity index (χ2v) is 4.76. The second kappa shape index (κ2) is 7.51. The average molecular weight is 246 g/mol. The molecule has 1 rings (SSSR count). The normalized spacial score (nSPS) is 20.2. The Morgan fingerprint density at radius 2 is 2.38 bits per heavy atom. The van der Waals surface area contributed by atoms with Gasteiger partial charge in [0.05, 0.1) is 13.5 Å². The lowest BCUT2D eigenvalue weighted by atomic mass is 10.2. The first-order valence-corrected chi connectivity index (χ1v) is 6.52. The first-order valence-electron chi connectivity index (χ1n) is 5.37. The molecule has 1 aliphatic rings. The minimum atomic E-state index is -0.299. The number of carbonyl (C=O) groups excluding carboxylic acids is 2. The molecule has 1 heterocycles. The molecule has 1 aliphatic heterocycles. The molecular formula is C10H18N2O3S. The van der Waals surface area contributed by atoms with Gasteiger partial charge in [-0.25, -0.2) is 0 Å². The maximum Gasteiger partial charge on any atom is 0.307 e. The number of amides is 1. The molecule has 1 unspecified atom stereocenters. The third-order valence-electron chi connectivity index (χ3n) is 2.31. The van der Waals surface area contributed by atoms with Crippen LogP contribution in [0.1, 0.15) is 12.8 Å². The number of nitrogens with one attached hydrogen (secondary N) is 2. The Hall–Kier alpha value is -0.750. The van der Waals surface area contributed by atoms with Crippen LogP contribution in [0.5, 0.6) is 0 Å². The Bertz CT molecular complexity index is 242. The highest BCUT2D eigenvalue weighted by molar-refractivity contribution is 7.99. The van der Waals surface area contributed by atoms with Crippen molar-refractivity contribution >= 4 is 23.6 Å². The van der Waals surface area contributed by atoms with E-state index in [0.29, 0.717) is 13.0 Å². The zero-order valence-corrected chi connectivity index (χ0v) is 10.3. The third kappa shape index (κ3) is 5.37. The summed E-state index contributed by atoms with van der Waals surface area (Å²) in [4.78, 5) is 22.3. The third-order valence-corrected chi connectivity index (χ3v) is 3.44. The smallest absolute Gasteiger partial charge is 0.307 e. The zero-order valence-electron chi connectivity index (χ0n) is 9.45. The molecule has 2 N–H and O–H groups in total. The van der Waals surface area contributed by atoms with Crippen molar-refractivity contribution < 1.29 is 14.3 Å². The maximum absolute atomic E-state index is 11.5. The number of rotatable bonds is 5. The fourth-order valence-electron chi connectivity index (χ4n) is 1.45. The molecule has 0 aliphatic carbocycles. The minimum Gasteiger partial charge on any atom is -0.469 e. The van der Waals surface area contributed by atoms with Crippen molar-refractivity contribution in [2.24, 2.45) is 0 Å². The average Bonchev–Trinajstić information content (AvgIpc) is 2.30. The van der Waals surface area contributed by atoms with Crippen molar-refractivity contribution in [3.05, 3.63) is 0 Å². The molecule has 6 heteroatoms. The van der Waals surface area contributed by atoms with Crippen LogP contribution in [0.15, 0.2) is 0 Å². The number of hydrogen-bond acceptors (Lipinski definition) is 5. The number of carbonyl (C=O) groups is 2. The maximum atomic E-state index is 11.5. The van der Waals surface area contributed by atoms with Crippen molar-refractivity contribution in [3.63, 3.8) is 0 Å². The summed E-state index contributed by atoms with van der Waals surface area (Å²) in [5, 5.41) is 5.99. The highest BCUT2D eigenvalue weighted by Gasteiger charge is 2.16. The van der Waals surface area contributed by atoms with E-state index in [-0.39, 0.29) is 24.3 Å². The Morgan fingerprint density at radius 3 is 3.00 bits per heavy atom. The summed E-state index contributed by atoms with van der Waals surface area (Å²) in [7, 11) is 1.34. The summed E-state index contributed by atoms with van der Waals surface area (Å²) in [6, 6.07) is 0.261. The first-order chi connectivity index (χ1) is 7.72. The Kier molecular flexibility index (Phi) is 6.25. The summed E-state index contributed by atoms with van der Waals surface area (Å²) in [5.74, 6) is 1.78. The molecule has 1 amide bonds. The van der Waals surface area contributed by atoms with Crippen LogP contribution in [0, 0.1) is 0 Å². The molecule has 1 saturated heterocycles. The van der Waals surface area contributed by atoms with Gasteiger partial charge in [0, 0.05) is 37.1 Å². The van der Waals surface area contributed by atoms with Gasteiger partial charge in [-0.3, -0.25) is 9.59 Å². The fraction of sp³-hybridized carbons (Fsp3) is 0.800. The van der Waals surface area contributed by atoms with Gasteiger partial charge in [0.2, 0.25) is 5.91 Å². The summed E-state index contributed by atoms with van der Waals surface area (Å²) in [6.45, 7) is 1.32. The van der Waals surface area contributed by atoms with Gasteiger partial charge in [0.1, 0.15) is 0 Å². The number of esters is 1. The molecule has 0 aromatic rings. The van der Waals surface area contributed by atoms with E-state index in [1.807, 2.05) is 11.8 Å². The summed E-state index contributed by atoms with van der Waals surface area (Å²) < 4.78 is 4.48. The highest BCUT2D eigenvalue weighted by Crippen LogP contribution is 2.09. The summed E-state index contributed by atoms with van der Waals surface area (Å²) in [5.41, 5.74) is 0. The van der Waals surface area contributed by atoms with Gasteiger partial charge in [0.25, 0.3) is 0 Å². The van der Waals surface area contributed by atoms with Crippen LogP contribution in [-0.4, -0.2) is 49.6 Å². The van der Waals surface area contributed by atoms with E-state index in [2.05, 4.69) is 15.4 Å². The molecule has 0 aromatic heterocycles. The van der Waals surface area contributed by atoms with Crippen molar-refractivity contribution in [1.82, 2.24) is 10.6 Å². The summed E-state index contributed by atoms with van der Waals surface area (Å²) in [6.07, 6.45) is 0.712. The minimum absolute atomic E-state index is 0.0103. The SMILES string of the molecule is COC(=O)CCNC(=O)CC1CSCCN1. The monoisotopic (exact) mass is 246 g/mol. The van der Waals surface area contributed by atoms with E-state index in [4.69, 9.17) is 0 Å². The molecule has 5 nitrogen and oxygen atoms in total. The predicted molar refractivity (Wildman–Crippen MR) is 63.4 cm³/mol. The molecule has 0 radical (unpaired) electrons. The van der Waals surface area contributed by atoms with Gasteiger partial charge in [-0.2, -0.15) is 11.8 Å². The molecular weight excluding hydrogens is 228 g/mol. The number of methoxy groups -OCH3 is 1. The molecule has 0 bridgehead atoms. The summed E-state index contributed by atoms with van der Waals surface area (Å²) >= 11 is 1.86. The Labute approximate surface area is 99.7 Å². The van der Waals surface area contributed by atoms with Crippen LogP contribution >= 0.6 is 11.8 Å². The van der Waals surface area contributed by atoms with E-state index >= 15 is 0 Å². The topological polar surface area (TPSA) is 67.4 Å². The lowest BCUT2D eigenvalue weighted by Crippen LogP contribution is -2.41. The van der Waals surface area contributed by atoms with Gasteiger partial charge in [-0.15, -0.1) is 0 Å². The van der Waals surface area contributed by atoms with Crippen molar-refractivity contribution in [3.8, 4) is 0 Å². The molecule has 0 aromatic carbocycles. The largest absolute Gasteiger partial charge is 0.469 e. The van der Waals surface area contributed by atoms with Gasteiger partial charge in [0.15, 0.2) is 0 Å². The van der Waals surface area contributed by atoms with E-state index in [1.165, 1.54) is 7.11 Å². The molecule has 16 heavy (non-hydrogen) atoms. The van der Waals surface area contributed by atoms with Crippen LogP contribution < -0.4 is 10.6 Å². The predicted octanol–water partition coefficient (Wildman–Crippen LogP) is -0.239. The van der Waals surface area contributed by atoms with E-state index in [1.54, 1.807) is 0 Å². The lowest BCUT2D eigenvalue weighted by Gasteiger charge is -2.22. The van der Waals surface area contributed by atoms with Crippen LogP contribution in [-0.2, 0) is 14.3 Å². The van der Waals surface area contributed by atoms with Crippen LogP contribution in [0.25, 0.3) is 0 Å². The molecule has 92 valence electrons. The van der Waals surface area contributed by atoms with E-state index in [9.17, 15) is 9.59 Å². The van der Waals surface area contributed by atoms with Crippen LogP contribution in [0.3, 0.4) is 0 Å². The zero-order chi connectivity index (χ0) is 11.8. The number of ether oxygens (including phenoxy) is 1. The van der Waals surface area contributed by atoms with Crippen molar-refractivity contribution in [2.75, 3.05) is 31.7 Å². The molecule has 0 saturated carbocycles. The highest BCUT2D eigenvalue weighted by atomic mass is 32.2. The second-order valence-electron chi connectivity index (χ2n) is 3.61. The molecule has 1 atom stereocenters. The number of thioether (sulfide) groups is 1. The van der Waals surface area contributed by atoms with E-state index in [0.717, 1.165) is 18.1 Å². The van der Waals surface area contributed by atoms with Crippen LogP contribution in [0.4, 0.5) is 0 Å².